The number of rotatable bonds is 3. The van der Waals surface area contributed by atoms with Gasteiger partial charge in [-0.3, -0.25) is 20.2 Å². The van der Waals surface area contributed by atoms with Gasteiger partial charge in [-0.15, -0.1) is 0 Å². The molecule has 2 N–H and O–H groups in total. The molecule has 1 atom stereocenters. The number of hydrogen-bond acceptors (Lipinski definition) is 4. The van der Waals surface area contributed by atoms with E-state index in [9.17, 15) is 9.59 Å². The van der Waals surface area contributed by atoms with Crippen molar-refractivity contribution in [2.75, 3.05) is 7.11 Å². The third kappa shape index (κ3) is 4.15. The van der Waals surface area contributed by atoms with Crippen LogP contribution < -0.4 is 15.4 Å². The van der Waals surface area contributed by atoms with Crippen LogP contribution in [0.4, 0.5) is 0 Å². The highest BCUT2D eigenvalue weighted by atomic mass is 35.5. The fourth-order valence-electron chi connectivity index (χ4n) is 2.49. The normalized spacial score (nSPS) is 16.5. The molecule has 2 aromatic carbocycles. The molecule has 8 heteroatoms. The summed E-state index contributed by atoms with van der Waals surface area (Å²) in [5.41, 5.74) is 1.16. The molecule has 0 fully saturated rings. The van der Waals surface area contributed by atoms with E-state index < -0.39 is 11.9 Å². The topological polar surface area (TPSA) is 79.8 Å². The van der Waals surface area contributed by atoms with E-state index in [0.29, 0.717) is 16.3 Å². The highest BCUT2D eigenvalue weighted by Crippen LogP contribution is 2.26. The first kappa shape index (κ1) is 18.2. The molecule has 1 aliphatic heterocycles. The zero-order valence-electron chi connectivity index (χ0n) is 13.8. The number of ether oxygens (including phenoxy) is 1. The summed E-state index contributed by atoms with van der Waals surface area (Å²) in [6.45, 7) is 0. The van der Waals surface area contributed by atoms with Gasteiger partial charge >= 0.3 is 0 Å². The fraction of sp³-hybridized carbons (Fsp3) is 0.167. The van der Waals surface area contributed by atoms with E-state index in [1.807, 2.05) is 12.1 Å². The third-order valence-corrected chi connectivity index (χ3v) is 4.57. The molecule has 1 aliphatic rings. The van der Waals surface area contributed by atoms with Crippen LogP contribution in [0.1, 0.15) is 28.4 Å². The number of aliphatic imine (C=N–C) groups is 1. The summed E-state index contributed by atoms with van der Waals surface area (Å²) in [5, 5.41) is 5.77. The highest BCUT2D eigenvalue weighted by molar-refractivity contribution is 6.42. The summed E-state index contributed by atoms with van der Waals surface area (Å²) >= 11 is 11.8. The minimum absolute atomic E-state index is 0.0955. The Hall–Kier alpha value is -2.57. The van der Waals surface area contributed by atoms with Gasteiger partial charge in [0.1, 0.15) is 5.75 Å². The van der Waals surface area contributed by atoms with Crippen LogP contribution in [0.2, 0.25) is 10.0 Å². The van der Waals surface area contributed by atoms with Crippen molar-refractivity contribution in [3.63, 3.8) is 0 Å². The predicted molar refractivity (Wildman–Crippen MR) is 99.9 cm³/mol. The van der Waals surface area contributed by atoms with Crippen LogP contribution in [0.15, 0.2) is 47.5 Å². The van der Waals surface area contributed by atoms with Crippen LogP contribution in [0.5, 0.6) is 5.75 Å². The van der Waals surface area contributed by atoms with E-state index in [-0.39, 0.29) is 23.3 Å². The van der Waals surface area contributed by atoms with Crippen LogP contribution >= 0.6 is 23.2 Å². The second-order valence-corrected chi connectivity index (χ2v) is 6.42. The number of halogens is 2. The number of amides is 2. The maximum Gasteiger partial charge on any atom is 0.258 e. The van der Waals surface area contributed by atoms with Crippen LogP contribution in [0.3, 0.4) is 0 Å². The first-order chi connectivity index (χ1) is 12.5. The fourth-order valence-corrected chi connectivity index (χ4v) is 2.79. The molecule has 0 saturated heterocycles. The van der Waals surface area contributed by atoms with Crippen LogP contribution in [0.25, 0.3) is 0 Å². The van der Waals surface area contributed by atoms with Gasteiger partial charge in [-0.1, -0.05) is 35.3 Å². The zero-order valence-corrected chi connectivity index (χ0v) is 15.3. The quantitative estimate of drug-likeness (QED) is 0.841. The van der Waals surface area contributed by atoms with Gasteiger partial charge in [0.2, 0.25) is 11.9 Å². The number of carbonyl (C=O) groups is 2. The molecule has 0 unspecified atom stereocenters. The van der Waals surface area contributed by atoms with Gasteiger partial charge in [-0.05, 0) is 35.9 Å². The van der Waals surface area contributed by atoms with Crippen molar-refractivity contribution < 1.29 is 14.3 Å². The average molecular weight is 392 g/mol. The highest BCUT2D eigenvalue weighted by Gasteiger charge is 2.24. The Morgan fingerprint density at radius 2 is 1.92 bits per heavy atom. The largest absolute Gasteiger partial charge is 0.497 e. The molecule has 6 nitrogen and oxygen atoms in total. The molecule has 0 spiro atoms. The van der Waals surface area contributed by atoms with E-state index in [0.717, 1.165) is 5.56 Å². The lowest BCUT2D eigenvalue weighted by atomic mass is 10.0. The number of nitrogens with zero attached hydrogens (tertiary/aromatic N) is 1. The molecule has 0 radical (unpaired) electrons. The third-order valence-electron chi connectivity index (χ3n) is 3.84. The average Bonchev–Trinajstić information content (AvgIpc) is 2.63. The predicted octanol–water partition coefficient (Wildman–Crippen LogP) is 3.35. The lowest BCUT2D eigenvalue weighted by Gasteiger charge is -2.21. The minimum atomic E-state index is -0.446. The number of methoxy groups -OCH3 is 1. The number of guanidine groups is 1. The molecule has 2 amide bonds. The summed E-state index contributed by atoms with van der Waals surface area (Å²) in [7, 11) is 1.58. The van der Waals surface area contributed by atoms with Gasteiger partial charge in [0.05, 0.1) is 29.6 Å². The van der Waals surface area contributed by atoms with E-state index in [1.165, 1.54) is 18.2 Å². The summed E-state index contributed by atoms with van der Waals surface area (Å²) in [6.07, 6.45) is 0.193. The minimum Gasteiger partial charge on any atom is -0.497 e. The zero-order chi connectivity index (χ0) is 18.7. The van der Waals surface area contributed by atoms with Gasteiger partial charge in [-0.25, -0.2) is 4.99 Å². The number of nitrogens with one attached hydrogen (secondary N) is 2. The van der Waals surface area contributed by atoms with Crippen molar-refractivity contribution in [1.29, 1.82) is 0 Å². The van der Waals surface area contributed by atoms with Gasteiger partial charge in [0.15, 0.2) is 0 Å². The molecule has 26 heavy (non-hydrogen) atoms. The standard InChI is InChI=1S/C18H15Cl2N3O3/c1-26-12-5-2-10(3-6-12)15-9-16(24)22-18(21-15)23-17(25)11-4-7-13(19)14(20)8-11/h2-8,15H,9H2,1H3,(H2,21,22,23,24,25)/t15-/m1/s1. The van der Waals surface area contributed by atoms with Crippen molar-refractivity contribution in [2.24, 2.45) is 4.99 Å². The molecular weight excluding hydrogens is 377 g/mol. The van der Waals surface area contributed by atoms with Gasteiger partial charge in [0, 0.05) is 5.56 Å². The summed E-state index contributed by atoms with van der Waals surface area (Å²) in [4.78, 5) is 28.8. The number of carbonyl (C=O) groups excluding carboxylic acids is 2. The monoisotopic (exact) mass is 391 g/mol. The summed E-state index contributed by atoms with van der Waals surface area (Å²) in [6, 6.07) is 11.4. The summed E-state index contributed by atoms with van der Waals surface area (Å²) < 4.78 is 5.13. The smallest absolute Gasteiger partial charge is 0.258 e. The Bertz CT molecular complexity index is 882. The maximum atomic E-state index is 12.3. The maximum absolute atomic E-state index is 12.3. The van der Waals surface area contributed by atoms with Crippen molar-refractivity contribution in [3.8, 4) is 5.75 Å². The van der Waals surface area contributed by atoms with Gasteiger partial charge < -0.3 is 4.74 Å². The van der Waals surface area contributed by atoms with Gasteiger partial charge in [-0.2, -0.15) is 0 Å². The number of hydrogen-bond donors (Lipinski definition) is 2. The van der Waals surface area contributed by atoms with Crippen LogP contribution in [-0.4, -0.2) is 24.9 Å². The molecule has 2 aromatic rings. The number of benzene rings is 2. The summed E-state index contributed by atoms with van der Waals surface area (Å²) in [5.74, 6) is 0.132. The molecule has 0 bridgehead atoms. The van der Waals surface area contributed by atoms with E-state index in [2.05, 4.69) is 15.6 Å². The first-order valence-electron chi connectivity index (χ1n) is 7.74. The lowest BCUT2D eigenvalue weighted by molar-refractivity contribution is -0.120. The Labute approximate surface area is 160 Å². The van der Waals surface area contributed by atoms with E-state index in [1.54, 1.807) is 19.2 Å². The van der Waals surface area contributed by atoms with E-state index in [4.69, 9.17) is 27.9 Å². The second kappa shape index (κ2) is 7.76. The molecular formula is C18H15Cl2N3O3. The first-order valence-corrected chi connectivity index (χ1v) is 8.50. The van der Waals surface area contributed by atoms with Gasteiger partial charge in [0.25, 0.3) is 5.91 Å². The Balaban J connectivity index is 1.79. The second-order valence-electron chi connectivity index (χ2n) is 5.60. The Kier molecular flexibility index (Phi) is 5.44. The van der Waals surface area contributed by atoms with Crippen molar-refractivity contribution >= 4 is 41.0 Å². The SMILES string of the molecule is COc1ccc([C@H]2CC(=O)NC(NC(=O)c3ccc(Cl)c(Cl)c3)=N2)cc1. The van der Waals surface area contributed by atoms with Crippen molar-refractivity contribution in [3.05, 3.63) is 63.6 Å². The van der Waals surface area contributed by atoms with Crippen LogP contribution in [0, 0.1) is 0 Å². The Morgan fingerprint density at radius 1 is 1.19 bits per heavy atom. The van der Waals surface area contributed by atoms with Crippen molar-refractivity contribution in [1.82, 2.24) is 10.6 Å². The molecule has 0 aliphatic carbocycles. The van der Waals surface area contributed by atoms with E-state index >= 15 is 0 Å². The molecule has 0 aromatic heterocycles. The molecule has 3 rings (SSSR count). The molecule has 1 heterocycles. The van der Waals surface area contributed by atoms with Crippen molar-refractivity contribution in [2.45, 2.75) is 12.5 Å². The molecule has 134 valence electrons. The molecule has 0 saturated carbocycles. The lowest BCUT2D eigenvalue weighted by Crippen LogP contribution is -2.47. The Morgan fingerprint density at radius 3 is 2.58 bits per heavy atom. The van der Waals surface area contributed by atoms with Crippen LogP contribution in [-0.2, 0) is 4.79 Å².